The molecule has 9 rings (SSSR count). The summed E-state index contributed by atoms with van der Waals surface area (Å²) in [6, 6.07) is 5.49. The first-order chi connectivity index (χ1) is 28.3. The fraction of sp³-hybridized carbons (Fsp3) is 0.425. The number of aromatic nitrogens is 6. The lowest BCUT2D eigenvalue weighted by molar-refractivity contribution is -0.116. The van der Waals surface area contributed by atoms with Crippen LogP contribution < -0.4 is 10.9 Å². The van der Waals surface area contributed by atoms with Gasteiger partial charge in [-0.25, -0.2) is 23.1 Å². The number of aryl methyl sites for hydroxylation is 1. The average Bonchev–Trinajstić information content (AvgIpc) is 3.90. The molecule has 1 atom stereocenters. The molecule has 3 aliphatic heterocycles. The second-order valence-electron chi connectivity index (χ2n) is 15.5. The Kier molecular flexibility index (Phi) is 9.92. The molecule has 1 aliphatic carbocycles. The predicted molar refractivity (Wildman–Crippen MR) is 205 cm³/mol. The van der Waals surface area contributed by atoms with Crippen molar-refractivity contribution in [1.82, 2.24) is 38.9 Å². The van der Waals surface area contributed by atoms with Crippen LogP contribution in [0.25, 0.3) is 17.2 Å². The van der Waals surface area contributed by atoms with Gasteiger partial charge in [-0.05, 0) is 69.2 Å². The summed E-state index contributed by atoms with van der Waals surface area (Å²) in [6.07, 6.45) is 2.38. The van der Waals surface area contributed by atoms with E-state index in [0.717, 1.165) is 17.4 Å². The van der Waals surface area contributed by atoms with E-state index in [1.54, 1.807) is 13.8 Å². The summed E-state index contributed by atoms with van der Waals surface area (Å²) in [4.78, 5) is 57.8. The number of piperidine rings is 1. The van der Waals surface area contributed by atoms with E-state index < -0.39 is 53.1 Å². The number of carbonyl (C=O) groups excluding carboxylic acids is 2. The number of anilines is 1. The number of ether oxygens (including phenoxy) is 2. The fourth-order valence-electron chi connectivity index (χ4n) is 8.44. The molecule has 0 radical (unpaired) electrons. The number of nitrogens with one attached hydrogen (secondary N) is 1. The molecular formula is C40H39ClF3N9O6. The summed E-state index contributed by atoms with van der Waals surface area (Å²) in [5.41, 5.74) is -0.975. The second kappa shape index (κ2) is 15.0. The van der Waals surface area contributed by atoms with Crippen molar-refractivity contribution in [2.75, 3.05) is 44.7 Å². The maximum atomic E-state index is 15.9. The first-order valence-corrected chi connectivity index (χ1v) is 19.8. The SMILES string of the molecule is Cc1ncnc(C(=O)N2CCC3(CC2)OC(C)c2c3c(=O)n3nc(-c4ccc(CN5CCOCC5)c(F)c4F)nc3n2CC(=O)Nc2cc(F)c(C3CC3)cc2Cl)c1O. The van der Waals surface area contributed by atoms with Gasteiger partial charge in [0.15, 0.2) is 28.9 Å². The van der Waals surface area contributed by atoms with Crippen LogP contribution in [0.1, 0.15) is 83.2 Å². The highest BCUT2D eigenvalue weighted by atomic mass is 35.5. The monoisotopic (exact) mass is 833 g/mol. The standard InChI is InChI=1S/C40H39ClF3N9O6/c1-20-35(55)33(46-19-45-20)38(57)51-9-7-40(8-10-51)30-34(21(2)59-40)52(18-29(54)47-28-16-27(42)25(15-26(28)41)22-3-4-22)39-48-36(49-53(39)37(30)56)24-6-5-23(31(43)32(24)44)17-50-11-13-58-14-12-50/h5-6,15-16,19,21-22,55H,3-4,7-14,17-18H2,1-2H3,(H,47,54). The molecule has 15 nitrogen and oxygen atoms in total. The number of amides is 2. The van der Waals surface area contributed by atoms with E-state index in [1.165, 1.54) is 40.1 Å². The molecule has 2 amide bonds. The van der Waals surface area contributed by atoms with Gasteiger partial charge in [-0.2, -0.15) is 9.50 Å². The Labute approximate surface area is 339 Å². The van der Waals surface area contributed by atoms with Crippen molar-refractivity contribution in [1.29, 1.82) is 0 Å². The highest BCUT2D eigenvalue weighted by molar-refractivity contribution is 6.33. The van der Waals surface area contributed by atoms with E-state index in [-0.39, 0.29) is 94.5 Å². The van der Waals surface area contributed by atoms with Crippen LogP contribution in [-0.2, 0) is 33.0 Å². The van der Waals surface area contributed by atoms with E-state index in [0.29, 0.717) is 37.6 Å². The number of fused-ring (bicyclic) bond motifs is 3. The third kappa shape index (κ3) is 6.90. The van der Waals surface area contributed by atoms with Gasteiger partial charge in [0, 0.05) is 38.3 Å². The second-order valence-corrected chi connectivity index (χ2v) is 15.9. The zero-order valence-electron chi connectivity index (χ0n) is 32.1. The first kappa shape index (κ1) is 39.1. The Morgan fingerprint density at radius 3 is 2.53 bits per heavy atom. The lowest BCUT2D eigenvalue weighted by Gasteiger charge is -2.39. The molecule has 6 heterocycles. The predicted octanol–water partition coefficient (Wildman–Crippen LogP) is 5.00. The number of aromatic hydroxyl groups is 1. The average molecular weight is 834 g/mol. The number of hydrogen-bond acceptors (Lipinski definition) is 11. The number of morpholine rings is 1. The molecule has 3 fully saturated rings. The van der Waals surface area contributed by atoms with Crippen LogP contribution in [0, 0.1) is 24.4 Å². The normalized spacial score (nSPS) is 19.1. The maximum absolute atomic E-state index is 15.9. The minimum absolute atomic E-state index is 0.0480. The number of nitrogens with zero attached hydrogens (tertiary/aromatic N) is 8. The minimum Gasteiger partial charge on any atom is -0.504 e. The number of carbonyl (C=O) groups is 2. The molecular weight excluding hydrogens is 795 g/mol. The van der Waals surface area contributed by atoms with E-state index in [4.69, 9.17) is 21.1 Å². The van der Waals surface area contributed by atoms with Crippen LogP contribution in [0.4, 0.5) is 18.9 Å². The summed E-state index contributed by atoms with van der Waals surface area (Å²) in [6.45, 7) is 5.26. The lowest BCUT2D eigenvalue weighted by atomic mass is 9.85. The Morgan fingerprint density at radius 2 is 1.80 bits per heavy atom. The van der Waals surface area contributed by atoms with Gasteiger partial charge >= 0.3 is 0 Å². The van der Waals surface area contributed by atoms with Crippen LogP contribution in [0.3, 0.4) is 0 Å². The summed E-state index contributed by atoms with van der Waals surface area (Å²) >= 11 is 6.51. The maximum Gasteiger partial charge on any atom is 0.282 e. The first-order valence-electron chi connectivity index (χ1n) is 19.4. The van der Waals surface area contributed by atoms with Crippen LogP contribution in [-0.4, -0.2) is 95.2 Å². The molecule has 1 spiro atoms. The van der Waals surface area contributed by atoms with E-state index in [1.807, 2.05) is 4.90 Å². The number of rotatable bonds is 8. The van der Waals surface area contributed by atoms with Crippen molar-refractivity contribution < 1.29 is 37.3 Å². The molecule has 2 aromatic carbocycles. The summed E-state index contributed by atoms with van der Waals surface area (Å²) in [5.74, 6) is -4.63. The number of halogens is 4. The van der Waals surface area contributed by atoms with Crippen LogP contribution in [0.5, 0.6) is 5.75 Å². The summed E-state index contributed by atoms with van der Waals surface area (Å²) in [5, 5.41) is 17.7. The number of benzene rings is 2. The Bertz CT molecular complexity index is 2600. The highest BCUT2D eigenvalue weighted by Crippen LogP contribution is 2.48. The van der Waals surface area contributed by atoms with Gasteiger partial charge in [0.25, 0.3) is 11.5 Å². The van der Waals surface area contributed by atoms with Crippen molar-refractivity contribution in [2.45, 2.75) is 70.2 Å². The van der Waals surface area contributed by atoms with Gasteiger partial charge < -0.3 is 29.4 Å². The molecule has 1 saturated carbocycles. The van der Waals surface area contributed by atoms with Crippen molar-refractivity contribution >= 4 is 34.9 Å². The lowest BCUT2D eigenvalue weighted by Crippen LogP contribution is -2.47. The smallest absolute Gasteiger partial charge is 0.282 e. The molecule has 19 heteroatoms. The molecule has 2 saturated heterocycles. The van der Waals surface area contributed by atoms with E-state index in [9.17, 15) is 19.5 Å². The quantitative estimate of drug-likeness (QED) is 0.216. The molecule has 1 unspecified atom stereocenters. The van der Waals surface area contributed by atoms with Crippen molar-refractivity contribution in [2.24, 2.45) is 0 Å². The third-order valence-electron chi connectivity index (χ3n) is 11.7. The molecule has 0 bridgehead atoms. The van der Waals surface area contributed by atoms with Gasteiger partial charge in [0.2, 0.25) is 11.7 Å². The van der Waals surface area contributed by atoms with Gasteiger partial charge in [0.05, 0.1) is 52.5 Å². The van der Waals surface area contributed by atoms with Crippen molar-refractivity contribution in [3.63, 3.8) is 0 Å². The summed E-state index contributed by atoms with van der Waals surface area (Å²) in [7, 11) is 0. The fourth-order valence-corrected chi connectivity index (χ4v) is 8.66. The Hall–Kier alpha value is -5.43. The van der Waals surface area contributed by atoms with Crippen LogP contribution in [0.2, 0.25) is 5.02 Å². The van der Waals surface area contributed by atoms with E-state index in [2.05, 4.69) is 25.4 Å². The van der Waals surface area contributed by atoms with Crippen molar-refractivity contribution in [3.05, 3.63) is 97.2 Å². The molecule has 308 valence electrons. The largest absolute Gasteiger partial charge is 0.504 e. The van der Waals surface area contributed by atoms with Crippen molar-refractivity contribution in [3.8, 4) is 17.1 Å². The van der Waals surface area contributed by atoms with Crippen LogP contribution >= 0.6 is 11.6 Å². The van der Waals surface area contributed by atoms with Crippen LogP contribution in [0.15, 0.2) is 35.4 Å². The van der Waals surface area contributed by atoms with E-state index >= 15 is 13.2 Å². The zero-order valence-corrected chi connectivity index (χ0v) is 32.9. The molecule has 4 aliphatic rings. The third-order valence-corrected chi connectivity index (χ3v) is 12.0. The number of likely N-dealkylation sites (tertiary alicyclic amines) is 1. The molecule has 3 aromatic heterocycles. The minimum atomic E-state index is -1.26. The number of hydrogen-bond donors (Lipinski definition) is 2. The van der Waals surface area contributed by atoms with Gasteiger partial charge in [-0.1, -0.05) is 17.7 Å². The molecule has 2 N–H and O–H groups in total. The zero-order chi connectivity index (χ0) is 41.3. The van der Waals surface area contributed by atoms with Gasteiger partial charge in [0.1, 0.15) is 24.3 Å². The Balaban J connectivity index is 1.10. The highest BCUT2D eigenvalue weighted by Gasteiger charge is 2.51. The molecule has 5 aromatic rings. The van der Waals surface area contributed by atoms with Gasteiger partial charge in [-0.15, -0.1) is 5.10 Å². The summed E-state index contributed by atoms with van der Waals surface area (Å²) < 4.78 is 60.9. The Morgan fingerprint density at radius 1 is 1.05 bits per heavy atom. The topological polar surface area (TPSA) is 169 Å². The van der Waals surface area contributed by atoms with Gasteiger partial charge in [-0.3, -0.25) is 19.3 Å². The molecule has 59 heavy (non-hydrogen) atoms.